The molecule has 0 radical (unpaired) electrons. The molecule has 0 rings (SSSR count). The summed E-state index contributed by atoms with van der Waals surface area (Å²) in [6, 6.07) is -13.2. The maximum absolute atomic E-state index is 11.2. The zero-order valence-electron chi connectivity index (χ0n) is 82.2. The summed E-state index contributed by atoms with van der Waals surface area (Å²) in [5.74, 6) is -14.9. The third-order valence-electron chi connectivity index (χ3n) is 5.97. The number of carbonyl (C=O) groups is 8. The summed E-state index contributed by atoms with van der Waals surface area (Å²) in [7, 11) is 0. The van der Waals surface area contributed by atoms with Gasteiger partial charge in [0.05, 0.1) is 8.22 Å². The average Bonchev–Trinajstić information content (AvgIpc) is 0.725. The van der Waals surface area contributed by atoms with Gasteiger partial charge in [0, 0.05) is 120 Å². The fourth-order valence-corrected chi connectivity index (χ4v) is 4.70. The Morgan fingerprint density at radius 1 is 0.389 bits per heavy atom. The molecule has 0 aromatic rings. The van der Waals surface area contributed by atoms with E-state index in [1.54, 1.807) is 34.6 Å². The number of hydrogen-bond acceptors (Lipinski definition) is 8. The van der Waals surface area contributed by atoms with Crippen molar-refractivity contribution < 1.29 is 91.6 Å². The number of rotatable bonds is 22. The van der Waals surface area contributed by atoms with Gasteiger partial charge in [0.15, 0.2) is 4.24 Å². The molecule has 0 saturated heterocycles. The molecule has 72 heavy (non-hydrogen) atoms. The molecular formula is C56H117N7O9. The van der Waals surface area contributed by atoms with Crippen LogP contribution in [-0.4, -0.2) is 94.6 Å². The topological polar surface area (TPSA) is 241 Å². The summed E-state index contributed by atoms with van der Waals surface area (Å²) < 4.78 is 261. The van der Waals surface area contributed by atoms with E-state index < -0.39 is 172 Å². The van der Waals surface area contributed by atoms with Crippen LogP contribution in [0.25, 0.3) is 0 Å². The van der Waals surface area contributed by atoms with Gasteiger partial charge in [-0.25, -0.2) is 4.79 Å². The highest BCUT2D eigenvalue weighted by atomic mass is 16.4. The SMILES string of the molecule is [2H]C(C)(C)C([2H])([2H])[C@]([2H])(C)NC(C)=O.[2H]C([2H])(C(C)C)[C@]([2H])(C)NC(C)=O.[2H]C([2H])([2H])C(C)C([2H])([2H])[C@]([2H])(C)NC(C)=O.[2H]C([2H])([2H])C(C)C[C@H](C)NC(C)=O.[2H]N(C(C)=O)[C@@]([2H])(C(=O)O)C([2H])([2H])C([2H])(C)C([2H])([2H])[2H].[2H]N(C(C)=O)[C@@]([2H])(C)C([2H])([2H])C(C)C.[2H]N(C(C)=O)[C@@]([2H])(C)C([2H])([2H])C(C)C([2H])([2H])[2H]. The number of nitrogens with one attached hydrogen (secondary N) is 7. The summed E-state index contributed by atoms with van der Waals surface area (Å²) in [6.07, 6.45) is -13.7. The maximum atomic E-state index is 11.2. The monoisotopic (exact) mass is 1070 g/mol. The van der Waals surface area contributed by atoms with E-state index in [1.807, 2.05) is 6.92 Å². The summed E-state index contributed by atoms with van der Waals surface area (Å²) in [6.45, 7) is 19.5. The van der Waals surface area contributed by atoms with E-state index in [9.17, 15) is 38.4 Å². The van der Waals surface area contributed by atoms with Crippen LogP contribution in [0.2, 0.25) is 4.24 Å². The third-order valence-corrected chi connectivity index (χ3v) is 5.97. The number of carboxylic acid groups (broad SMARTS) is 1. The van der Waals surface area contributed by atoms with Gasteiger partial charge in [-0.3, -0.25) is 33.6 Å². The molecule has 4 unspecified atom stereocenters. The van der Waals surface area contributed by atoms with Crippen molar-refractivity contribution >= 4 is 47.3 Å². The largest absolute Gasteiger partial charge is 0.480 e. The highest BCUT2D eigenvalue weighted by Gasteiger charge is 2.19. The average molecular weight is 1070 g/mol. The van der Waals surface area contributed by atoms with E-state index in [4.69, 9.17) is 53.2 Å². The number of amides is 7. The molecule has 0 aliphatic rings. The Morgan fingerprint density at radius 3 is 0.958 bits per heavy atom. The van der Waals surface area contributed by atoms with Crippen LogP contribution in [-0.2, 0) is 38.4 Å². The Morgan fingerprint density at radius 2 is 0.694 bits per heavy atom. The molecule has 0 aromatic carbocycles. The molecule has 0 fully saturated rings. The molecule has 0 spiro atoms. The number of carbonyl (C=O) groups excluding carboxylic acids is 7. The lowest BCUT2D eigenvalue weighted by Crippen LogP contribution is -2.40. The second-order valence-corrected chi connectivity index (χ2v) is 16.6. The van der Waals surface area contributed by atoms with Gasteiger partial charge in [-0.05, 0) is 128 Å². The first kappa shape index (κ1) is 32.9. The first-order chi connectivity index (χ1) is 45.9. The van der Waals surface area contributed by atoms with E-state index in [2.05, 4.69) is 21.3 Å². The minimum absolute atomic E-state index is 0.0760. The second kappa shape index (κ2) is 50.3. The van der Waals surface area contributed by atoms with E-state index in [-0.39, 0.29) is 35.0 Å². The zero-order valence-corrected chi connectivity index (χ0v) is 47.2. The lowest BCUT2D eigenvalue weighted by Gasteiger charge is -2.14. The third kappa shape index (κ3) is 88.7. The summed E-state index contributed by atoms with van der Waals surface area (Å²) in [5, 5.41) is 18.3. The first-order valence-electron chi connectivity index (χ1n) is 40.0. The Balaban J connectivity index is -0.000000219. The highest BCUT2D eigenvalue weighted by molar-refractivity contribution is 5.82. The molecule has 0 aliphatic heterocycles. The van der Waals surface area contributed by atoms with Crippen LogP contribution >= 0.6 is 0 Å². The van der Waals surface area contributed by atoms with Crippen molar-refractivity contribution in [2.45, 2.75) is 273 Å². The van der Waals surface area contributed by atoms with Crippen LogP contribution in [0.1, 0.15) is 275 Å². The summed E-state index contributed by atoms with van der Waals surface area (Å²) >= 11 is 0. The Bertz CT molecular complexity index is 2880. The maximum Gasteiger partial charge on any atom is 0.326 e. The first-order valence-corrected chi connectivity index (χ1v) is 22.7. The van der Waals surface area contributed by atoms with Gasteiger partial charge in [-0.2, -0.15) is 0 Å². The quantitative estimate of drug-likeness (QED) is 0.0514. The molecule has 0 aromatic heterocycles. The lowest BCUT2D eigenvalue weighted by molar-refractivity contribution is -0.142. The van der Waals surface area contributed by atoms with E-state index >= 15 is 0 Å². The van der Waals surface area contributed by atoms with Crippen molar-refractivity contribution in [1.82, 2.24) is 37.2 Å². The fourth-order valence-electron chi connectivity index (χ4n) is 4.70. The van der Waals surface area contributed by atoms with Crippen LogP contribution in [0.4, 0.5) is 0 Å². The van der Waals surface area contributed by atoms with Crippen LogP contribution in [0.3, 0.4) is 0 Å². The minimum Gasteiger partial charge on any atom is -0.480 e. The van der Waals surface area contributed by atoms with Gasteiger partial charge >= 0.3 is 5.97 Å². The molecule has 8 N–H and O–H groups in total. The number of carboxylic acids is 1. The van der Waals surface area contributed by atoms with Crippen molar-refractivity contribution in [3.63, 3.8) is 0 Å². The van der Waals surface area contributed by atoms with Crippen molar-refractivity contribution in [3.8, 4) is 0 Å². The van der Waals surface area contributed by atoms with Gasteiger partial charge in [-0.15, -0.1) is 0 Å². The van der Waals surface area contributed by atoms with E-state index in [0.717, 1.165) is 48.5 Å². The van der Waals surface area contributed by atoms with E-state index in [1.165, 1.54) is 62.3 Å². The van der Waals surface area contributed by atoms with E-state index in [0.29, 0.717) is 18.7 Å². The lowest BCUT2D eigenvalue weighted by atomic mass is 10.0. The van der Waals surface area contributed by atoms with Gasteiger partial charge in [0.2, 0.25) is 41.4 Å². The standard InChI is InChI=1S/C8H15NO3.6C8H17NO/c1-5(2)4-7(8(11)12)9-6(3)10;6*1-6(2)5-7(3)9-8(4)10/h5,7H,4H2,1-3H3,(H,9,10)(H,11,12);6*6-7H,5H2,1-4H3,(H,9,10)/t7*7-/m1000000/s1/i1D3,4D2,5D,7D;5D2,6D,7D;2*1D3,5D2,7D;2*5D2,7D;1D3/hD3/t5?,7-;m;2*6?,7-;2m;6?,7-. The molecule has 430 valence electrons. The smallest absolute Gasteiger partial charge is 0.326 e. The zero-order chi connectivity index (χ0) is 89.4. The fraction of sp³-hybridized carbons (Fsp3) is 0.857. The highest BCUT2D eigenvalue weighted by Crippen LogP contribution is 2.07. The summed E-state index contributed by atoms with van der Waals surface area (Å²) in [5.41, 5.74) is 0. The Kier molecular flexibility index (Phi) is 23.0. The number of hydrogen-bond donors (Lipinski definition) is 8. The minimum atomic E-state index is -3.58. The molecule has 16 nitrogen and oxygen atoms in total. The molecule has 0 aliphatic carbocycles. The van der Waals surface area contributed by atoms with Gasteiger partial charge in [0.1, 0.15) is 6.02 Å². The molecular weight excluding hydrogens is 915 g/mol. The number of aliphatic carboxylic acids is 1. The predicted octanol–water partition coefficient (Wildman–Crippen LogP) is 9.96. The van der Waals surface area contributed by atoms with Gasteiger partial charge < -0.3 is 42.3 Å². The predicted molar refractivity (Wildman–Crippen MR) is 301 cm³/mol. The molecule has 11 atom stereocenters. The van der Waals surface area contributed by atoms with Crippen LogP contribution in [0, 0.1) is 41.4 Å². The molecule has 0 heterocycles. The second-order valence-electron chi connectivity index (χ2n) is 16.6. The summed E-state index contributed by atoms with van der Waals surface area (Å²) in [4.78, 5) is 87.2. The van der Waals surface area contributed by atoms with Crippen LogP contribution in [0.15, 0.2) is 0 Å². The molecule has 7 amide bonds. The molecule has 0 saturated carbocycles. The van der Waals surface area contributed by atoms with Crippen LogP contribution in [0.5, 0.6) is 0 Å². The van der Waals surface area contributed by atoms with Gasteiger partial charge in [-0.1, -0.05) is 96.6 Å². The van der Waals surface area contributed by atoms with Crippen LogP contribution < -0.4 is 37.2 Å². The normalized spacial score (nSPS) is 26.9. The molecule has 0 bridgehead atoms. The van der Waals surface area contributed by atoms with Crippen molar-refractivity contribution in [2.24, 2.45) is 41.4 Å². The van der Waals surface area contributed by atoms with Crippen molar-refractivity contribution in [3.05, 3.63) is 0 Å². The molecule has 16 heteroatoms. The Hall–Kier alpha value is -4.24. The Labute approximate surface area is 491 Å². The van der Waals surface area contributed by atoms with Crippen molar-refractivity contribution in [1.29, 1.82) is 0 Å². The van der Waals surface area contributed by atoms with Gasteiger partial charge in [0.25, 0.3) is 0 Å². The van der Waals surface area contributed by atoms with Crippen molar-refractivity contribution in [2.75, 3.05) is 0 Å².